The predicted octanol–water partition coefficient (Wildman–Crippen LogP) is 0.381. The molecule has 0 saturated carbocycles. The van der Waals surface area contributed by atoms with Crippen LogP contribution in [0.3, 0.4) is 0 Å². The van der Waals surface area contributed by atoms with Crippen LogP contribution in [0.4, 0.5) is 0 Å². The first-order valence-electron chi connectivity index (χ1n) is 12.0. The highest BCUT2D eigenvalue weighted by Crippen LogP contribution is 2.30. The molecule has 12 heteroatoms. The maximum Gasteiger partial charge on any atom is 0.338 e. The van der Waals surface area contributed by atoms with Gasteiger partial charge in [-0.1, -0.05) is 12.1 Å². The van der Waals surface area contributed by atoms with E-state index in [4.69, 9.17) is 9.47 Å². The van der Waals surface area contributed by atoms with E-state index in [2.05, 4.69) is 36.5 Å². The maximum atomic E-state index is 13.0. The molecule has 0 radical (unpaired) electrons. The van der Waals surface area contributed by atoms with Crippen molar-refractivity contribution in [1.82, 2.24) is 40.0 Å². The van der Waals surface area contributed by atoms with Gasteiger partial charge >= 0.3 is 5.97 Å². The lowest BCUT2D eigenvalue weighted by Crippen LogP contribution is -2.59. The van der Waals surface area contributed by atoms with Crippen molar-refractivity contribution < 1.29 is 19.1 Å². The van der Waals surface area contributed by atoms with Gasteiger partial charge in [0.2, 0.25) is 5.91 Å². The molecule has 1 aromatic carbocycles. The Morgan fingerprint density at radius 3 is 2.83 bits per heavy atom. The summed E-state index contributed by atoms with van der Waals surface area (Å²) in [6.45, 7) is 5.31. The first kappa shape index (κ1) is 22.7. The first-order valence-corrected chi connectivity index (χ1v) is 12.0. The van der Waals surface area contributed by atoms with Crippen molar-refractivity contribution in [3.63, 3.8) is 0 Å². The average Bonchev–Trinajstić information content (AvgIpc) is 3.43. The summed E-state index contributed by atoms with van der Waals surface area (Å²) in [5, 5.41) is 10.9. The van der Waals surface area contributed by atoms with Crippen molar-refractivity contribution in [1.29, 1.82) is 0 Å². The molecule has 2 aromatic heterocycles. The minimum atomic E-state index is -0.254. The van der Waals surface area contributed by atoms with Crippen LogP contribution in [0.5, 0.6) is 0 Å². The van der Waals surface area contributed by atoms with Gasteiger partial charge in [0.25, 0.3) is 5.95 Å². The summed E-state index contributed by atoms with van der Waals surface area (Å²) in [7, 11) is 0. The van der Waals surface area contributed by atoms with Gasteiger partial charge in [-0.25, -0.2) is 14.8 Å². The molecule has 5 heterocycles. The SMILES string of the molecule is C[C@@H]1Cc2cc([C@@H]3CN4CCN(C(=O)Cc5cnc(-n6cnnn6)nc5)C[C@H]4CO3)ccc2C(=O)O1. The number of rotatable bonds is 4. The Kier molecular flexibility index (Phi) is 5.89. The second kappa shape index (κ2) is 9.36. The number of carbonyl (C=O) groups excluding carboxylic acids is 2. The van der Waals surface area contributed by atoms with Crippen LogP contribution in [0.1, 0.15) is 40.1 Å². The Bertz CT molecular complexity index is 1270. The number of esters is 1. The molecular formula is C24H26N8O4. The van der Waals surface area contributed by atoms with E-state index in [0.717, 1.165) is 36.2 Å². The zero-order valence-corrected chi connectivity index (χ0v) is 19.9. The number of morpholine rings is 1. The monoisotopic (exact) mass is 490 g/mol. The number of nitrogens with zero attached hydrogens (tertiary/aromatic N) is 8. The van der Waals surface area contributed by atoms with Crippen LogP contribution in [-0.2, 0) is 27.1 Å². The fourth-order valence-electron chi connectivity index (χ4n) is 5.09. The lowest BCUT2D eigenvalue weighted by molar-refractivity contribution is -0.139. The van der Waals surface area contributed by atoms with Gasteiger partial charge in [-0.15, -0.1) is 5.10 Å². The van der Waals surface area contributed by atoms with Crippen molar-refractivity contribution in [2.45, 2.75) is 38.0 Å². The molecule has 0 aliphatic carbocycles. The van der Waals surface area contributed by atoms with E-state index < -0.39 is 0 Å². The van der Waals surface area contributed by atoms with E-state index in [9.17, 15) is 9.59 Å². The van der Waals surface area contributed by atoms with Gasteiger partial charge in [0.1, 0.15) is 12.4 Å². The number of ether oxygens (including phenoxy) is 2. The zero-order valence-electron chi connectivity index (χ0n) is 19.9. The molecule has 0 N–H and O–H groups in total. The van der Waals surface area contributed by atoms with Crippen molar-refractivity contribution >= 4 is 11.9 Å². The van der Waals surface area contributed by atoms with E-state index in [1.807, 2.05) is 24.0 Å². The number of aromatic nitrogens is 6. The number of tetrazole rings is 1. The van der Waals surface area contributed by atoms with Crippen LogP contribution < -0.4 is 0 Å². The van der Waals surface area contributed by atoms with Crippen LogP contribution in [0.15, 0.2) is 36.9 Å². The second-order valence-electron chi connectivity index (χ2n) is 9.47. The number of hydrogen-bond acceptors (Lipinski definition) is 10. The van der Waals surface area contributed by atoms with Gasteiger partial charge in [-0.3, -0.25) is 9.69 Å². The number of benzene rings is 1. The number of amides is 1. The Balaban J connectivity index is 1.05. The van der Waals surface area contributed by atoms with Crippen LogP contribution in [-0.4, -0.2) is 96.8 Å². The average molecular weight is 491 g/mol. The number of cyclic esters (lactones) is 1. The molecule has 3 aliphatic heterocycles. The summed E-state index contributed by atoms with van der Waals surface area (Å²) in [6.07, 6.45) is 5.46. The normalized spacial score (nSPS) is 24.1. The largest absolute Gasteiger partial charge is 0.459 e. The van der Waals surface area contributed by atoms with Crippen molar-refractivity contribution in [3.05, 3.63) is 59.2 Å². The molecule has 3 aliphatic rings. The minimum absolute atomic E-state index is 0.0474. The zero-order chi connectivity index (χ0) is 24.6. The smallest absolute Gasteiger partial charge is 0.338 e. The third-order valence-electron chi connectivity index (χ3n) is 6.99. The number of fused-ring (bicyclic) bond motifs is 2. The third kappa shape index (κ3) is 4.44. The molecule has 2 saturated heterocycles. The van der Waals surface area contributed by atoms with E-state index >= 15 is 0 Å². The number of carbonyl (C=O) groups is 2. The van der Waals surface area contributed by atoms with Crippen molar-refractivity contribution in [3.8, 4) is 5.95 Å². The Labute approximate surface area is 207 Å². The van der Waals surface area contributed by atoms with E-state index in [-0.39, 0.29) is 36.5 Å². The van der Waals surface area contributed by atoms with Gasteiger partial charge < -0.3 is 14.4 Å². The lowest BCUT2D eigenvalue weighted by Gasteiger charge is -2.46. The quantitative estimate of drug-likeness (QED) is 0.473. The molecule has 6 rings (SSSR count). The highest BCUT2D eigenvalue weighted by molar-refractivity contribution is 5.92. The Hall–Kier alpha value is -3.77. The number of hydrogen-bond donors (Lipinski definition) is 0. The molecule has 0 spiro atoms. The topological polar surface area (TPSA) is 128 Å². The van der Waals surface area contributed by atoms with Gasteiger partial charge in [0.05, 0.1) is 30.7 Å². The molecule has 3 aromatic rings. The van der Waals surface area contributed by atoms with E-state index in [1.54, 1.807) is 12.4 Å². The van der Waals surface area contributed by atoms with Gasteiger partial charge in [0.15, 0.2) is 0 Å². The van der Waals surface area contributed by atoms with Crippen LogP contribution >= 0.6 is 0 Å². The van der Waals surface area contributed by atoms with Gasteiger partial charge in [-0.2, -0.15) is 4.68 Å². The maximum absolute atomic E-state index is 13.0. The fraction of sp³-hybridized carbons (Fsp3) is 0.458. The van der Waals surface area contributed by atoms with Gasteiger partial charge in [-0.05, 0) is 40.1 Å². The van der Waals surface area contributed by atoms with E-state index in [0.29, 0.717) is 31.2 Å². The summed E-state index contributed by atoms with van der Waals surface area (Å²) in [6, 6.07) is 6.06. The molecule has 1 amide bonds. The Morgan fingerprint density at radius 1 is 1.17 bits per heavy atom. The summed E-state index contributed by atoms with van der Waals surface area (Å²) in [4.78, 5) is 37.9. The Morgan fingerprint density at radius 2 is 2.03 bits per heavy atom. The molecule has 2 fully saturated rings. The molecule has 0 bridgehead atoms. The van der Waals surface area contributed by atoms with E-state index in [1.165, 1.54) is 11.0 Å². The predicted molar refractivity (Wildman–Crippen MR) is 124 cm³/mol. The van der Waals surface area contributed by atoms with Crippen molar-refractivity contribution in [2.75, 3.05) is 32.8 Å². The molecule has 12 nitrogen and oxygen atoms in total. The first-order chi connectivity index (χ1) is 17.5. The molecular weight excluding hydrogens is 464 g/mol. The standard InChI is InChI=1S/C24H26N8O4/c1-15-6-18-8-17(2-3-20(18)23(34)36-15)21-12-30-4-5-31(11-19(30)13-35-21)22(33)7-16-9-25-24(26-10-16)32-14-27-28-29-32/h2-3,8-10,14-15,19,21H,4-7,11-13H2,1H3/t15-,19+,21+/m1/s1. The summed E-state index contributed by atoms with van der Waals surface area (Å²) in [5.41, 5.74) is 3.49. The molecule has 186 valence electrons. The highest BCUT2D eigenvalue weighted by atomic mass is 16.5. The molecule has 36 heavy (non-hydrogen) atoms. The second-order valence-corrected chi connectivity index (χ2v) is 9.47. The fourth-order valence-corrected chi connectivity index (χ4v) is 5.09. The third-order valence-corrected chi connectivity index (χ3v) is 6.99. The summed E-state index contributed by atoms with van der Waals surface area (Å²) >= 11 is 0. The lowest BCUT2D eigenvalue weighted by atomic mass is 9.94. The molecule has 0 unspecified atom stereocenters. The summed E-state index contributed by atoms with van der Waals surface area (Å²) in [5.74, 6) is 0.147. The van der Waals surface area contributed by atoms with Crippen LogP contribution in [0.2, 0.25) is 0 Å². The van der Waals surface area contributed by atoms with Crippen LogP contribution in [0.25, 0.3) is 5.95 Å². The highest BCUT2D eigenvalue weighted by Gasteiger charge is 2.36. The molecule has 3 atom stereocenters. The van der Waals surface area contributed by atoms with Gasteiger partial charge in [0, 0.05) is 45.0 Å². The van der Waals surface area contributed by atoms with Crippen LogP contribution in [0, 0.1) is 0 Å². The summed E-state index contributed by atoms with van der Waals surface area (Å²) < 4.78 is 12.9. The minimum Gasteiger partial charge on any atom is -0.459 e. The van der Waals surface area contributed by atoms with Crippen molar-refractivity contribution in [2.24, 2.45) is 0 Å². The number of piperazine rings is 1.